The molecular formula is C12H10F2N2O3. The fourth-order valence-electron chi connectivity index (χ4n) is 2.02. The summed E-state index contributed by atoms with van der Waals surface area (Å²) in [7, 11) is 0. The first kappa shape index (κ1) is 13.1. The molecule has 1 heterocycles. The highest BCUT2D eigenvalue weighted by atomic mass is 19.1. The highest BCUT2D eigenvalue weighted by Gasteiger charge is 2.33. The fraction of sp³-hybridized carbons (Fsp3) is 0.250. The molecule has 19 heavy (non-hydrogen) atoms. The van der Waals surface area contributed by atoms with E-state index in [9.17, 15) is 23.7 Å². The molecule has 1 atom stereocenters. The number of benzene rings is 1. The van der Waals surface area contributed by atoms with Gasteiger partial charge < -0.3 is 4.90 Å². The van der Waals surface area contributed by atoms with Gasteiger partial charge in [0.05, 0.1) is 17.1 Å². The third kappa shape index (κ3) is 2.31. The Kier molecular flexibility index (Phi) is 3.28. The van der Waals surface area contributed by atoms with E-state index in [0.29, 0.717) is 12.1 Å². The summed E-state index contributed by atoms with van der Waals surface area (Å²) in [6, 6.07) is 1.21. The maximum absolute atomic E-state index is 13.8. The van der Waals surface area contributed by atoms with E-state index < -0.39 is 33.8 Å². The first-order valence-electron chi connectivity index (χ1n) is 5.50. The van der Waals surface area contributed by atoms with Crippen molar-refractivity contribution < 1.29 is 18.5 Å². The number of hydrogen-bond acceptors (Lipinski definition) is 3. The van der Waals surface area contributed by atoms with Gasteiger partial charge in [0.25, 0.3) is 5.69 Å². The van der Waals surface area contributed by atoms with Gasteiger partial charge in [-0.15, -0.1) is 6.58 Å². The number of non-ortho nitro benzene ring substituents is 1. The molecule has 1 fully saturated rings. The monoisotopic (exact) mass is 268 g/mol. The van der Waals surface area contributed by atoms with Crippen molar-refractivity contribution in [3.8, 4) is 0 Å². The Morgan fingerprint density at radius 1 is 1.42 bits per heavy atom. The lowest BCUT2D eigenvalue weighted by atomic mass is 10.1. The van der Waals surface area contributed by atoms with Gasteiger partial charge in [-0.25, -0.2) is 8.78 Å². The smallest absolute Gasteiger partial charge is 0.275 e. The zero-order valence-electron chi connectivity index (χ0n) is 9.81. The van der Waals surface area contributed by atoms with Crippen LogP contribution in [0.4, 0.5) is 20.2 Å². The molecule has 1 aromatic carbocycles. The van der Waals surface area contributed by atoms with Gasteiger partial charge in [-0.2, -0.15) is 0 Å². The molecule has 100 valence electrons. The zero-order valence-corrected chi connectivity index (χ0v) is 9.81. The van der Waals surface area contributed by atoms with Crippen LogP contribution < -0.4 is 4.90 Å². The van der Waals surface area contributed by atoms with E-state index in [1.807, 2.05) is 0 Å². The van der Waals surface area contributed by atoms with Crippen LogP contribution in [-0.4, -0.2) is 17.4 Å². The molecule has 0 aromatic heterocycles. The topological polar surface area (TPSA) is 63.5 Å². The number of nitro groups is 1. The van der Waals surface area contributed by atoms with Gasteiger partial charge in [0.2, 0.25) is 5.91 Å². The van der Waals surface area contributed by atoms with Crippen LogP contribution in [-0.2, 0) is 4.79 Å². The summed E-state index contributed by atoms with van der Waals surface area (Å²) < 4.78 is 27.5. The van der Waals surface area contributed by atoms with Crippen molar-refractivity contribution >= 4 is 17.3 Å². The predicted octanol–water partition coefficient (Wildman–Crippen LogP) is 2.41. The molecule has 0 spiro atoms. The molecule has 1 amide bonds. The normalized spacial score (nSPS) is 18.7. The minimum atomic E-state index is -1.12. The van der Waals surface area contributed by atoms with Gasteiger partial charge >= 0.3 is 0 Å². The van der Waals surface area contributed by atoms with Gasteiger partial charge in [0.1, 0.15) is 5.69 Å². The SMILES string of the molecule is C=CC1CC(=O)N(c2c(F)cc([N+](=O)[O-])cc2F)C1. The highest BCUT2D eigenvalue weighted by Crippen LogP contribution is 2.32. The van der Waals surface area contributed by atoms with Crippen molar-refractivity contribution in [1.82, 2.24) is 0 Å². The maximum Gasteiger partial charge on any atom is 0.275 e. The largest absolute Gasteiger partial charge is 0.307 e. The summed E-state index contributed by atoms with van der Waals surface area (Å²) in [5.74, 6) is -2.85. The van der Waals surface area contributed by atoms with E-state index >= 15 is 0 Å². The predicted molar refractivity (Wildman–Crippen MR) is 63.7 cm³/mol. The molecule has 0 aliphatic carbocycles. The van der Waals surface area contributed by atoms with Crippen LogP contribution in [0.2, 0.25) is 0 Å². The molecule has 0 N–H and O–H groups in total. The van der Waals surface area contributed by atoms with Crippen LogP contribution in [0.1, 0.15) is 6.42 Å². The average molecular weight is 268 g/mol. The van der Waals surface area contributed by atoms with E-state index in [-0.39, 0.29) is 18.9 Å². The number of nitro benzene ring substituents is 1. The number of carbonyl (C=O) groups is 1. The Hall–Kier alpha value is -2.31. The lowest BCUT2D eigenvalue weighted by Crippen LogP contribution is -2.26. The van der Waals surface area contributed by atoms with Crippen molar-refractivity contribution in [2.75, 3.05) is 11.4 Å². The molecule has 1 aliphatic rings. The van der Waals surface area contributed by atoms with Gasteiger partial charge in [-0.05, 0) is 0 Å². The molecule has 2 rings (SSSR count). The van der Waals surface area contributed by atoms with Crippen molar-refractivity contribution in [1.29, 1.82) is 0 Å². The van der Waals surface area contributed by atoms with Crippen LogP contribution in [0.15, 0.2) is 24.8 Å². The lowest BCUT2D eigenvalue weighted by Gasteiger charge is -2.17. The molecule has 1 saturated heterocycles. The van der Waals surface area contributed by atoms with Crippen LogP contribution in [0, 0.1) is 27.7 Å². The van der Waals surface area contributed by atoms with E-state index in [1.54, 1.807) is 6.08 Å². The van der Waals surface area contributed by atoms with E-state index in [0.717, 1.165) is 4.90 Å². The third-order valence-corrected chi connectivity index (χ3v) is 2.97. The van der Waals surface area contributed by atoms with Crippen molar-refractivity contribution in [3.63, 3.8) is 0 Å². The molecule has 5 nitrogen and oxygen atoms in total. The number of anilines is 1. The van der Waals surface area contributed by atoms with Gasteiger partial charge in [-0.1, -0.05) is 6.08 Å². The first-order chi connectivity index (χ1) is 8.93. The summed E-state index contributed by atoms with van der Waals surface area (Å²) in [6.45, 7) is 3.65. The molecule has 0 radical (unpaired) electrons. The van der Waals surface area contributed by atoms with Crippen LogP contribution in [0.5, 0.6) is 0 Å². The number of halogens is 2. The third-order valence-electron chi connectivity index (χ3n) is 2.97. The minimum Gasteiger partial charge on any atom is -0.307 e. The first-order valence-corrected chi connectivity index (χ1v) is 5.50. The molecular weight excluding hydrogens is 258 g/mol. The van der Waals surface area contributed by atoms with Crippen molar-refractivity contribution in [2.45, 2.75) is 6.42 Å². The zero-order chi connectivity index (χ0) is 14.2. The van der Waals surface area contributed by atoms with Crippen LogP contribution in [0.3, 0.4) is 0 Å². The Labute approximate surface area is 107 Å². The van der Waals surface area contributed by atoms with Gasteiger partial charge in [-0.3, -0.25) is 14.9 Å². The lowest BCUT2D eigenvalue weighted by molar-refractivity contribution is -0.385. The molecule has 1 aromatic rings. The number of nitrogens with zero attached hydrogens (tertiary/aromatic N) is 2. The van der Waals surface area contributed by atoms with Crippen LogP contribution in [0.25, 0.3) is 0 Å². The number of amides is 1. The second-order valence-electron chi connectivity index (χ2n) is 4.22. The van der Waals surface area contributed by atoms with E-state index in [2.05, 4.69) is 6.58 Å². The van der Waals surface area contributed by atoms with E-state index in [4.69, 9.17) is 0 Å². The van der Waals surface area contributed by atoms with Crippen molar-refractivity contribution in [2.24, 2.45) is 5.92 Å². The Morgan fingerprint density at radius 3 is 2.42 bits per heavy atom. The quantitative estimate of drug-likeness (QED) is 0.480. The average Bonchev–Trinajstić information content (AvgIpc) is 2.70. The Morgan fingerprint density at radius 2 is 2.00 bits per heavy atom. The number of hydrogen-bond donors (Lipinski definition) is 0. The standard InChI is InChI=1S/C12H10F2N2O3/c1-2-7-3-11(17)15(6-7)12-9(13)4-8(16(18)19)5-10(12)14/h2,4-5,7H,1,3,6H2. The van der Waals surface area contributed by atoms with Crippen LogP contribution >= 0.6 is 0 Å². The second-order valence-corrected chi connectivity index (χ2v) is 4.22. The van der Waals surface area contributed by atoms with Gasteiger partial charge in [0.15, 0.2) is 11.6 Å². The Bertz CT molecular complexity index is 551. The summed E-state index contributed by atoms with van der Waals surface area (Å²) in [6.07, 6.45) is 1.67. The maximum atomic E-state index is 13.8. The molecule has 0 saturated carbocycles. The van der Waals surface area contributed by atoms with E-state index in [1.165, 1.54) is 0 Å². The summed E-state index contributed by atoms with van der Waals surface area (Å²) in [4.78, 5) is 22.2. The Balaban J connectivity index is 2.43. The molecule has 1 aliphatic heterocycles. The minimum absolute atomic E-state index is 0.119. The van der Waals surface area contributed by atoms with Crippen molar-refractivity contribution in [3.05, 3.63) is 46.5 Å². The summed E-state index contributed by atoms with van der Waals surface area (Å²) >= 11 is 0. The summed E-state index contributed by atoms with van der Waals surface area (Å²) in [5.41, 5.74) is -1.23. The summed E-state index contributed by atoms with van der Waals surface area (Å²) in [5, 5.41) is 10.5. The molecule has 0 bridgehead atoms. The van der Waals surface area contributed by atoms with Gasteiger partial charge in [0, 0.05) is 18.9 Å². The molecule has 1 unspecified atom stereocenters. The number of rotatable bonds is 3. The fourth-order valence-corrected chi connectivity index (χ4v) is 2.02. The highest BCUT2D eigenvalue weighted by molar-refractivity contribution is 5.96. The number of carbonyl (C=O) groups excluding carboxylic acids is 1. The molecule has 7 heteroatoms. The second kappa shape index (κ2) is 4.75.